The predicted molar refractivity (Wildman–Crippen MR) is 46.6 cm³/mol. The number of aliphatic hydroxyl groups excluding tert-OH is 1. The van der Waals surface area contributed by atoms with Gasteiger partial charge in [0.15, 0.2) is 0 Å². The molecule has 0 aromatic rings. The van der Waals surface area contributed by atoms with Crippen molar-refractivity contribution in [3.63, 3.8) is 0 Å². The molecule has 1 N–H and O–H groups in total. The molecule has 4 heteroatoms. The van der Waals surface area contributed by atoms with Crippen molar-refractivity contribution < 1.29 is 47.3 Å². The molecular formula is C9H17O3Y-. The van der Waals surface area contributed by atoms with Crippen LogP contribution in [0.5, 0.6) is 0 Å². The van der Waals surface area contributed by atoms with E-state index in [9.17, 15) is 4.79 Å². The Morgan fingerprint density at radius 1 is 1.54 bits per heavy atom. The van der Waals surface area contributed by atoms with Crippen molar-refractivity contribution in [2.45, 2.75) is 33.3 Å². The van der Waals surface area contributed by atoms with E-state index in [-0.39, 0.29) is 45.4 Å². The molecule has 1 atom stereocenters. The normalized spacial score (nSPS) is 13.2. The van der Waals surface area contributed by atoms with Crippen LogP contribution in [-0.2, 0) is 42.2 Å². The largest absolute Gasteiger partial charge is 0.541 e. The fourth-order valence-corrected chi connectivity index (χ4v) is 1.04. The quantitative estimate of drug-likeness (QED) is 0.724. The van der Waals surface area contributed by atoms with E-state index in [1.807, 2.05) is 13.2 Å². The first kappa shape index (κ1) is 16.1. The van der Waals surface area contributed by atoms with Gasteiger partial charge in [-0.25, -0.2) is 0 Å². The van der Waals surface area contributed by atoms with Crippen molar-refractivity contribution in [1.82, 2.24) is 0 Å². The van der Waals surface area contributed by atoms with Crippen LogP contribution in [0.1, 0.15) is 27.2 Å². The van der Waals surface area contributed by atoms with Gasteiger partial charge in [-0.1, -0.05) is 13.8 Å². The van der Waals surface area contributed by atoms with Crippen LogP contribution in [0.3, 0.4) is 0 Å². The van der Waals surface area contributed by atoms with Gasteiger partial charge in [-0.2, -0.15) is 0 Å². The molecule has 0 aromatic carbocycles. The molecule has 0 aliphatic carbocycles. The average molecular weight is 262 g/mol. The van der Waals surface area contributed by atoms with Gasteiger partial charge < -0.3 is 14.6 Å². The number of aliphatic hydroxyl groups is 1. The second kappa shape index (κ2) is 8.04. The standard InChI is InChI=1S/C9H17O3.Y/c1-4-12-8(5-6-10)9(2,3)7-11;/h8,10H,4-6H2,1-3H3;/q-1;/t8-;/m1./s1. The van der Waals surface area contributed by atoms with Crippen LogP contribution in [0.15, 0.2) is 0 Å². The minimum absolute atomic E-state index is 0. The molecule has 0 rings (SSSR count). The molecule has 0 saturated carbocycles. The summed E-state index contributed by atoms with van der Waals surface area (Å²) in [5.41, 5.74) is -0.626. The van der Waals surface area contributed by atoms with Gasteiger partial charge in [0.05, 0.1) is 0 Å². The molecule has 0 spiro atoms. The fourth-order valence-electron chi connectivity index (χ4n) is 1.04. The van der Waals surface area contributed by atoms with Crippen LogP contribution in [0.2, 0.25) is 0 Å². The number of hydrogen-bond acceptors (Lipinski definition) is 3. The van der Waals surface area contributed by atoms with E-state index in [2.05, 4.69) is 0 Å². The summed E-state index contributed by atoms with van der Waals surface area (Å²) in [5.74, 6) is 0. The predicted octanol–water partition coefficient (Wildman–Crippen LogP) is 0.907. The summed E-state index contributed by atoms with van der Waals surface area (Å²) in [6.07, 6.45) is 2.18. The van der Waals surface area contributed by atoms with E-state index < -0.39 is 5.41 Å². The summed E-state index contributed by atoms with van der Waals surface area (Å²) < 4.78 is 5.32. The SMILES string of the molecule is CCO[C@H](CCO)C(C)(C)[C-]=O.[Y]. The van der Waals surface area contributed by atoms with Gasteiger partial charge >= 0.3 is 0 Å². The van der Waals surface area contributed by atoms with Crippen molar-refractivity contribution in [3.8, 4) is 0 Å². The second-order valence-corrected chi connectivity index (χ2v) is 3.28. The third kappa shape index (κ3) is 5.89. The Morgan fingerprint density at radius 2 is 2.08 bits per heavy atom. The number of ether oxygens (including phenoxy) is 1. The van der Waals surface area contributed by atoms with Gasteiger partial charge in [0.2, 0.25) is 0 Å². The molecule has 0 heterocycles. The van der Waals surface area contributed by atoms with Crippen LogP contribution in [-0.4, -0.2) is 30.7 Å². The van der Waals surface area contributed by atoms with Crippen LogP contribution < -0.4 is 0 Å². The van der Waals surface area contributed by atoms with Crippen molar-refractivity contribution >= 4 is 6.29 Å². The van der Waals surface area contributed by atoms with Gasteiger partial charge in [-0.3, -0.25) is 6.29 Å². The Bertz CT molecular complexity index is 131. The molecule has 75 valence electrons. The van der Waals surface area contributed by atoms with E-state index in [1.54, 1.807) is 13.8 Å². The average Bonchev–Trinajstić information content (AvgIpc) is 2.04. The molecule has 1 radical (unpaired) electrons. The van der Waals surface area contributed by atoms with E-state index in [1.165, 1.54) is 0 Å². The summed E-state index contributed by atoms with van der Waals surface area (Å²) in [6.45, 7) is 5.97. The fraction of sp³-hybridized carbons (Fsp3) is 0.889. The molecule has 0 aromatic heterocycles. The summed E-state index contributed by atoms with van der Waals surface area (Å²) in [4.78, 5) is 10.5. The van der Waals surface area contributed by atoms with Gasteiger partial charge in [-0.15, -0.1) is 5.41 Å². The summed E-state index contributed by atoms with van der Waals surface area (Å²) >= 11 is 0. The Kier molecular flexibility index (Phi) is 9.98. The van der Waals surface area contributed by atoms with Gasteiger partial charge in [0, 0.05) is 52.0 Å². The number of rotatable bonds is 6. The van der Waals surface area contributed by atoms with Crippen molar-refractivity contribution in [3.05, 3.63) is 0 Å². The minimum atomic E-state index is -0.626. The first-order valence-electron chi connectivity index (χ1n) is 4.20. The molecule has 0 amide bonds. The van der Waals surface area contributed by atoms with Gasteiger partial charge in [0.1, 0.15) is 0 Å². The molecule has 3 nitrogen and oxygen atoms in total. The monoisotopic (exact) mass is 262 g/mol. The zero-order valence-corrected chi connectivity index (χ0v) is 11.4. The molecule has 0 aliphatic rings. The Hall–Kier alpha value is 0.694. The number of hydrogen-bond donors (Lipinski definition) is 1. The molecular weight excluding hydrogens is 245 g/mol. The minimum Gasteiger partial charge on any atom is -0.541 e. The van der Waals surface area contributed by atoms with Crippen molar-refractivity contribution in [1.29, 1.82) is 0 Å². The van der Waals surface area contributed by atoms with Crippen LogP contribution >= 0.6 is 0 Å². The summed E-state index contributed by atoms with van der Waals surface area (Å²) in [6, 6.07) is 0. The van der Waals surface area contributed by atoms with Crippen LogP contribution in [0, 0.1) is 5.41 Å². The van der Waals surface area contributed by atoms with Crippen LogP contribution in [0.25, 0.3) is 0 Å². The maximum Gasteiger partial charge on any atom is 0.0455 e. The first-order valence-corrected chi connectivity index (χ1v) is 4.20. The van der Waals surface area contributed by atoms with E-state index >= 15 is 0 Å². The van der Waals surface area contributed by atoms with Crippen molar-refractivity contribution in [2.75, 3.05) is 13.2 Å². The third-order valence-electron chi connectivity index (χ3n) is 1.83. The third-order valence-corrected chi connectivity index (χ3v) is 1.83. The zero-order chi connectivity index (χ0) is 9.61. The smallest absolute Gasteiger partial charge is 0.0455 e. The molecule has 0 unspecified atom stereocenters. The number of carbonyl (C=O) groups excluding carboxylic acids is 1. The van der Waals surface area contributed by atoms with E-state index in [4.69, 9.17) is 9.84 Å². The Morgan fingerprint density at radius 3 is 2.38 bits per heavy atom. The maximum atomic E-state index is 10.5. The maximum absolute atomic E-state index is 10.5. The molecule has 0 saturated heterocycles. The van der Waals surface area contributed by atoms with Gasteiger partial charge in [-0.05, 0) is 13.3 Å². The first-order chi connectivity index (χ1) is 5.58. The van der Waals surface area contributed by atoms with Gasteiger partial charge in [0.25, 0.3) is 0 Å². The molecule has 13 heavy (non-hydrogen) atoms. The topological polar surface area (TPSA) is 46.5 Å². The van der Waals surface area contributed by atoms with E-state index in [0.717, 1.165) is 0 Å². The summed E-state index contributed by atoms with van der Waals surface area (Å²) in [7, 11) is 0. The summed E-state index contributed by atoms with van der Waals surface area (Å²) in [5, 5.41) is 8.71. The Labute approximate surface area is 105 Å². The molecule has 0 fully saturated rings. The zero-order valence-electron chi connectivity index (χ0n) is 8.54. The molecule has 0 bridgehead atoms. The molecule has 0 aliphatic heterocycles. The van der Waals surface area contributed by atoms with Crippen LogP contribution in [0.4, 0.5) is 0 Å². The van der Waals surface area contributed by atoms with E-state index in [0.29, 0.717) is 13.0 Å². The Balaban J connectivity index is 0. The second-order valence-electron chi connectivity index (χ2n) is 3.28. The van der Waals surface area contributed by atoms with Crippen molar-refractivity contribution in [2.24, 2.45) is 5.41 Å².